The van der Waals surface area contributed by atoms with Crippen LogP contribution in [0.1, 0.15) is 38.5 Å². The van der Waals surface area contributed by atoms with Gasteiger partial charge in [0, 0.05) is 43.2 Å². The summed E-state index contributed by atoms with van der Waals surface area (Å²) in [6, 6.07) is 12.0. The summed E-state index contributed by atoms with van der Waals surface area (Å²) in [7, 11) is 0. The number of nitrogens with zero attached hydrogens (tertiary/aromatic N) is 3. The number of thiol groups is 1. The zero-order valence-electron chi connectivity index (χ0n) is 13.6. The topological polar surface area (TPSA) is 29.6 Å². The maximum Gasteiger partial charge on any atom is 0.148 e. The molecule has 4 nitrogen and oxygen atoms in total. The zero-order chi connectivity index (χ0) is 16.9. The van der Waals surface area contributed by atoms with Gasteiger partial charge in [0.1, 0.15) is 16.5 Å². The Kier molecular flexibility index (Phi) is 15.2. The van der Waals surface area contributed by atoms with E-state index < -0.39 is 0 Å². The summed E-state index contributed by atoms with van der Waals surface area (Å²) in [4.78, 5) is 0. The molecule has 136 valence electrons. The van der Waals surface area contributed by atoms with Crippen LogP contribution in [0.15, 0.2) is 6.07 Å². The summed E-state index contributed by atoms with van der Waals surface area (Å²) in [5, 5.41) is 6.88. The number of piperidine rings is 2. The number of rotatable bonds is 2. The fourth-order valence-electron chi connectivity index (χ4n) is 2.73. The molecule has 2 heterocycles. The first-order valence-corrected chi connectivity index (χ1v) is 8.70. The van der Waals surface area contributed by atoms with E-state index in [2.05, 4.69) is 58.3 Å². The van der Waals surface area contributed by atoms with Gasteiger partial charge in [-0.05, 0) is 25.7 Å². The molecule has 7 heteroatoms. The molecule has 0 aliphatic carbocycles. The van der Waals surface area contributed by atoms with E-state index in [4.69, 9.17) is 17.3 Å². The molecule has 1 aromatic carbocycles. The Morgan fingerprint density at radius 3 is 1.54 bits per heavy atom. The van der Waals surface area contributed by atoms with Gasteiger partial charge in [-0.25, -0.2) is 10.0 Å². The van der Waals surface area contributed by atoms with Crippen molar-refractivity contribution in [2.75, 3.05) is 26.2 Å². The standard InChI is InChI=1S/C11H21N3S2.C5H.CO.Fe/c15-11(16)14(12-7-3-1-4-8-12)13-9-5-2-6-10-13;1-2-4-5-3-1;1-2;/h1-10H2,(H,15,16);1H;;/q;-5;;. The van der Waals surface area contributed by atoms with Crippen LogP contribution in [0.25, 0.3) is 0 Å². The maximum atomic E-state index is 7.50. The molecule has 0 unspecified atom stereocenters. The van der Waals surface area contributed by atoms with Gasteiger partial charge in [0.15, 0.2) is 0 Å². The largest absolute Gasteiger partial charge is 0.999 e. The van der Waals surface area contributed by atoms with E-state index in [-0.39, 0.29) is 17.1 Å². The van der Waals surface area contributed by atoms with Gasteiger partial charge < -0.3 is 43.0 Å². The van der Waals surface area contributed by atoms with Crippen LogP contribution in [0.4, 0.5) is 0 Å². The van der Waals surface area contributed by atoms with Gasteiger partial charge in [-0.3, -0.25) is 0 Å². The minimum Gasteiger partial charge on any atom is -0.999 e. The first-order chi connectivity index (χ1) is 11.3. The maximum absolute atomic E-state index is 7.50. The van der Waals surface area contributed by atoms with E-state index in [1.807, 2.05) is 0 Å². The average Bonchev–Trinajstić information content (AvgIpc) is 3.18. The third kappa shape index (κ3) is 8.86. The van der Waals surface area contributed by atoms with E-state index in [1.165, 1.54) is 38.5 Å². The summed E-state index contributed by atoms with van der Waals surface area (Å²) >= 11 is 9.67. The van der Waals surface area contributed by atoms with Gasteiger partial charge in [-0.1, -0.05) is 12.8 Å². The normalized spacial score (nSPS) is 18.3. The molecule has 0 amide bonds. The first-order valence-electron chi connectivity index (χ1n) is 7.85. The Hall–Kier alpha value is -0.0705. The Balaban J connectivity index is 0.000000560. The summed E-state index contributed by atoms with van der Waals surface area (Å²) < 4.78 is 8.20. The van der Waals surface area contributed by atoms with Crippen molar-refractivity contribution in [1.82, 2.24) is 15.1 Å². The van der Waals surface area contributed by atoms with E-state index in [9.17, 15) is 0 Å². The summed E-state index contributed by atoms with van der Waals surface area (Å²) in [6.07, 6.45) is 7.82. The fraction of sp³-hybridized carbons (Fsp3) is 0.588. The predicted molar refractivity (Wildman–Crippen MR) is 95.1 cm³/mol. The molecule has 0 radical (unpaired) electrons. The predicted octanol–water partition coefficient (Wildman–Crippen LogP) is 1.57. The zero-order valence-corrected chi connectivity index (χ0v) is 16.4. The molecule has 0 atom stereocenters. The van der Waals surface area contributed by atoms with Gasteiger partial charge >= 0.3 is 11.3 Å². The van der Waals surface area contributed by atoms with Crippen LogP contribution >= 0.6 is 0 Å². The molecule has 2 aliphatic heterocycles. The monoisotopic (exact) mass is 404 g/mol. The van der Waals surface area contributed by atoms with Crippen LogP contribution in [0.3, 0.4) is 0 Å². The van der Waals surface area contributed by atoms with E-state index in [1.54, 1.807) is 6.07 Å². The number of hydrogen-bond acceptors (Lipinski definition) is 3. The van der Waals surface area contributed by atoms with Crippen LogP contribution in [0, 0.1) is 30.9 Å². The van der Waals surface area contributed by atoms with E-state index in [0.29, 0.717) is 4.32 Å². The second-order valence-electron chi connectivity index (χ2n) is 5.28. The molecule has 0 saturated carbocycles. The first kappa shape index (κ1) is 23.9. The van der Waals surface area contributed by atoms with Crippen molar-refractivity contribution in [3.63, 3.8) is 0 Å². The van der Waals surface area contributed by atoms with Gasteiger partial charge in [-0.2, -0.15) is 0 Å². The smallest absolute Gasteiger partial charge is 0.148 e. The van der Waals surface area contributed by atoms with Crippen molar-refractivity contribution in [1.29, 1.82) is 0 Å². The summed E-state index contributed by atoms with van der Waals surface area (Å²) in [5.74, 6) is 0. The Morgan fingerprint density at radius 2 is 1.29 bits per heavy atom. The van der Waals surface area contributed by atoms with Crippen LogP contribution < -0.4 is 0 Å². The summed E-state index contributed by atoms with van der Waals surface area (Å²) in [5.41, 5.74) is 0. The molecule has 0 N–H and O–H groups in total. The molecule has 2 saturated heterocycles. The molecule has 2 aliphatic rings. The average molecular weight is 404 g/mol. The van der Waals surface area contributed by atoms with Crippen molar-refractivity contribution in [2.24, 2.45) is 0 Å². The Labute approximate surface area is 167 Å². The molecule has 1 aromatic rings. The second kappa shape index (κ2) is 15.2. The van der Waals surface area contributed by atoms with E-state index in [0.717, 1.165) is 26.2 Å². The number of hydrazine groups is 2. The van der Waals surface area contributed by atoms with Crippen molar-refractivity contribution < 1.29 is 21.7 Å². The summed E-state index contributed by atoms with van der Waals surface area (Å²) in [6.45, 7) is 8.99. The molecular weight excluding hydrogens is 382 g/mol. The minimum absolute atomic E-state index is 0. The minimum atomic E-state index is 0. The van der Waals surface area contributed by atoms with Crippen molar-refractivity contribution in [2.45, 2.75) is 38.5 Å². The molecular formula is C17H22FeN3OS2-5. The third-order valence-corrected chi connectivity index (χ3v) is 4.07. The van der Waals surface area contributed by atoms with Crippen LogP contribution in [-0.2, 0) is 46.6 Å². The quantitative estimate of drug-likeness (QED) is 0.187. The SMILES string of the molecule is [C-]#[O+].[Fe].[S-]C(=[SH+])N(N1CCCCC1)N1CCCCC1.[c-]1[c-][c-][cH-][c-]1. The van der Waals surface area contributed by atoms with Crippen molar-refractivity contribution in [3.05, 3.63) is 37.0 Å². The van der Waals surface area contributed by atoms with Gasteiger partial charge in [0.05, 0.1) is 0 Å². The molecule has 0 bridgehead atoms. The Bertz CT molecular complexity index is 395. The fourth-order valence-corrected chi connectivity index (χ4v) is 3.22. The Morgan fingerprint density at radius 1 is 0.917 bits per heavy atom. The second-order valence-corrected chi connectivity index (χ2v) is 6.40. The van der Waals surface area contributed by atoms with Crippen molar-refractivity contribution >= 4 is 29.2 Å². The van der Waals surface area contributed by atoms with Gasteiger partial charge in [0.25, 0.3) is 0 Å². The van der Waals surface area contributed by atoms with Gasteiger partial charge in [-0.15, -0.1) is 5.12 Å². The molecule has 24 heavy (non-hydrogen) atoms. The van der Waals surface area contributed by atoms with E-state index >= 15 is 0 Å². The van der Waals surface area contributed by atoms with Gasteiger partial charge in [0.2, 0.25) is 0 Å². The van der Waals surface area contributed by atoms with Crippen LogP contribution in [0.2, 0.25) is 0 Å². The number of hydrogen-bond donors (Lipinski definition) is 0. The molecule has 3 rings (SSSR count). The van der Waals surface area contributed by atoms with Crippen LogP contribution in [0.5, 0.6) is 0 Å². The van der Waals surface area contributed by atoms with Crippen molar-refractivity contribution in [3.8, 4) is 0 Å². The third-order valence-electron chi connectivity index (χ3n) is 3.72. The van der Waals surface area contributed by atoms with Crippen LogP contribution in [-0.4, -0.2) is 45.6 Å². The molecule has 0 spiro atoms. The molecule has 0 aromatic heterocycles. The molecule has 2 fully saturated rings.